The van der Waals surface area contributed by atoms with Crippen molar-refractivity contribution >= 4 is 22.6 Å². The van der Waals surface area contributed by atoms with E-state index in [1.54, 1.807) is 12.1 Å². The Morgan fingerprint density at radius 1 is 0.926 bits per heavy atom. The number of nitrogens with one attached hydrogen (secondary N) is 2. The molecule has 134 valence electrons. The number of benzene rings is 3. The average molecular weight is 359 g/mol. The molecule has 0 aliphatic rings. The molecule has 3 aromatic carbocycles. The normalized spacial score (nSPS) is 10.9. The van der Waals surface area contributed by atoms with Gasteiger partial charge in [-0.15, -0.1) is 0 Å². The van der Waals surface area contributed by atoms with E-state index in [4.69, 9.17) is 0 Å². The highest BCUT2D eigenvalue weighted by atomic mass is 19.1. The van der Waals surface area contributed by atoms with Gasteiger partial charge in [0.25, 0.3) is 5.91 Å². The van der Waals surface area contributed by atoms with E-state index in [0.29, 0.717) is 5.69 Å². The number of carbonyl (C=O) groups excluding carboxylic acids is 1. The summed E-state index contributed by atoms with van der Waals surface area (Å²) < 4.78 is 13.7. The molecule has 0 radical (unpaired) electrons. The molecular formula is C22H18FN3O. The van der Waals surface area contributed by atoms with E-state index in [0.717, 1.165) is 35.3 Å². The number of rotatable bonds is 5. The van der Waals surface area contributed by atoms with E-state index in [9.17, 15) is 9.18 Å². The highest BCUT2D eigenvalue weighted by Crippen LogP contribution is 2.16. The molecular weight excluding hydrogens is 341 g/mol. The SMILES string of the molecule is O=C(Nc1ccc(CCc2nc3ccccc3[nH]2)cc1)c1ccccc1F. The summed E-state index contributed by atoms with van der Waals surface area (Å²) in [5.74, 6) is -0.0336. The number of H-pyrrole nitrogens is 1. The third kappa shape index (κ3) is 3.87. The Hall–Kier alpha value is -3.47. The van der Waals surface area contributed by atoms with Crippen molar-refractivity contribution in [3.05, 3.63) is 95.6 Å². The fraction of sp³-hybridized carbons (Fsp3) is 0.0909. The van der Waals surface area contributed by atoms with Gasteiger partial charge >= 0.3 is 0 Å². The van der Waals surface area contributed by atoms with Gasteiger partial charge in [0.15, 0.2) is 0 Å². The third-order valence-electron chi connectivity index (χ3n) is 4.42. The van der Waals surface area contributed by atoms with E-state index < -0.39 is 11.7 Å². The number of imidazole rings is 1. The van der Waals surface area contributed by atoms with Crippen molar-refractivity contribution in [1.82, 2.24) is 9.97 Å². The second kappa shape index (κ2) is 7.41. The van der Waals surface area contributed by atoms with Gasteiger partial charge in [-0.1, -0.05) is 36.4 Å². The van der Waals surface area contributed by atoms with Crippen LogP contribution in [0.15, 0.2) is 72.8 Å². The van der Waals surface area contributed by atoms with Gasteiger partial charge in [-0.25, -0.2) is 9.37 Å². The molecule has 0 saturated carbocycles. The molecule has 4 nitrogen and oxygen atoms in total. The first kappa shape index (κ1) is 17.0. The number of aromatic amines is 1. The van der Waals surface area contributed by atoms with Gasteiger partial charge in [0.05, 0.1) is 16.6 Å². The Labute approximate surface area is 156 Å². The Balaban J connectivity index is 1.38. The molecule has 4 aromatic rings. The second-order valence-corrected chi connectivity index (χ2v) is 6.33. The Kier molecular flexibility index (Phi) is 4.66. The van der Waals surface area contributed by atoms with Crippen LogP contribution in [0.1, 0.15) is 21.7 Å². The Bertz CT molecular complexity index is 1050. The Morgan fingerprint density at radius 2 is 1.67 bits per heavy atom. The first-order valence-corrected chi connectivity index (χ1v) is 8.77. The zero-order chi connectivity index (χ0) is 18.6. The van der Waals surface area contributed by atoms with E-state index in [1.807, 2.05) is 48.5 Å². The van der Waals surface area contributed by atoms with Gasteiger partial charge < -0.3 is 10.3 Å². The molecule has 1 amide bonds. The van der Waals surface area contributed by atoms with Gasteiger partial charge in [0.2, 0.25) is 0 Å². The highest BCUT2D eigenvalue weighted by Gasteiger charge is 2.11. The van der Waals surface area contributed by atoms with Crippen molar-refractivity contribution in [3.8, 4) is 0 Å². The predicted octanol–water partition coefficient (Wildman–Crippen LogP) is 4.74. The lowest BCUT2D eigenvalue weighted by molar-refractivity contribution is 0.102. The minimum atomic E-state index is -0.530. The number of amides is 1. The van der Waals surface area contributed by atoms with E-state index in [1.165, 1.54) is 12.1 Å². The molecule has 5 heteroatoms. The van der Waals surface area contributed by atoms with Crippen molar-refractivity contribution in [2.45, 2.75) is 12.8 Å². The number of para-hydroxylation sites is 2. The molecule has 0 fully saturated rings. The van der Waals surface area contributed by atoms with Crippen molar-refractivity contribution < 1.29 is 9.18 Å². The number of carbonyl (C=O) groups is 1. The number of halogens is 1. The maximum absolute atomic E-state index is 13.7. The van der Waals surface area contributed by atoms with Crippen molar-refractivity contribution in [3.63, 3.8) is 0 Å². The monoisotopic (exact) mass is 359 g/mol. The summed E-state index contributed by atoms with van der Waals surface area (Å²) in [6.45, 7) is 0. The van der Waals surface area contributed by atoms with Gasteiger partial charge in [-0.2, -0.15) is 0 Å². The van der Waals surface area contributed by atoms with Crippen LogP contribution >= 0.6 is 0 Å². The fourth-order valence-electron chi connectivity index (χ4n) is 2.99. The van der Waals surface area contributed by atoms with Gasteiger partial charge in [0, 0.05) is 12.1 Å². The number of aromatic nitrogens is 2. The number of anilines is 1. The average Bonchev–Trinajstić information content (AvgIpc) is 3.11. The van der Waals surface area contributed by atoms with Crippen LogP contribution in [0.25, 0.3) is 11.0 Å². The van der Waals surface area contributed by atoms with Crippen LogP contribution in [-0.2, 0) is 12.8 Å². The van der Waals surface area contributed by atoms with Crippen LogP contribution < -0.4 is 5.32 Å². The summed E-state index contributed by atoms with van der Waals surface area (Å²) >= 11 is 0. The minimum Gasteiger partial charge on any atom is -0.342 e. The van der Waals surface area contributed by atoms with Crippen LogP contribution in [0.5, 0.6) is 0 Å². The second-order valence-electron chi connectivity index (χ2n) is 6.33. The largest absolute Gasteiger partial charge is 0.342 e. The van der Waals surface area contributed by atoms with Gasteiger partial charge in [0.1, 0.15) is 11.6 Å². The first-order valence-electron chi connectivity index (χ1n) is 8.77. The maximum atomic E-state index is 13.7. The molecule has 0 spiro atoms. The fourth-order valence-corrected chi connectivity index (χ4v) is 2.99. The number of nitrogens with zero attached hydrogens (tertiary/aromatic N) is 1. The van der Waals surface area contributed by atoms with E-state index in [-0.39, 0.29) is 5.56 Å². The van der Waals surface area contributed by atoms with E-state index >= 15 is 0 Å². The molecule has 27 heavy (non-hydrogen) atoms. The first-order chi connectivity index (χ1) is 13.2. The Morgan fingerprint density at radius 3 is 2.44 bits per heavy atom. The maximum Gasteiger partial charge on any atom is 0.258 e. The van der Waals surface area contributed by atoms with Gasteiger partial charge in [-0.3, -0.25) is 4.79 Å². The molecule has 0 aliphatic carbocycles. The zero-order valence-corrected chi connectivity index (χ0v) is 14.6. The topological polar surface area (TPSA) is 57.8 Å². The molecule has 0 atom stereocenters. The molecule has 4 rings (SSSR count). The predicted molar refractivity (Wildman–Crippen MR) is 104 cm³/mol. The summed E-state index contributed by atoms with van der Waals surface area (Å²) in [4.78, 5) is 20.1. The summed E-state index contributed by atoms with van der Waals surface area (Å²) in [6, 6.07) is 21.5. The summed E-state index contributed by atoms with van der Waals surface area (Å²) in [6.07, 6.45) is 1.64. The van der Waals surface area contributed by atoms with Gasteiger partial charge in [-0.05, 0) is 48.4 Å². The molecule has 1 aromatic heterocycles. The smallest absolute Gasteiger partial charge is 0.258 e. The zero-order valence-electron chi connectivity index (χ0n) is 14.6. The molecule has 2 N–H and O–H groups in total. The molecule has 0 aliphatic heterocycles. The van der Waals surface area contributed by atoms with Crippen LogP contribution in [0, 0.1) is 5.82 Å². The summed E-state index contributed by atoms with van der Waals surface area (Å²) in [5, 5.41) is 2.72. The van der Waals surface area contributed by atoms with Crippen LogP contribution in [0.4, 0.5) is 10.1 Å². The van der Waals surface area contributed by atoms with Crippen molar-refractivity contribution in [2.75, 3.05) is 5.32 Å². The van der Waals surface area contributed by atoms with Crippen LogP contribution in [0.2, 0.25) is 0 Å². The number of aryl methyl sites for hydroxylation is 2. The highest BCUT2D eigenvalue weighted by molar-refractivity contribution is 6.04. The summed E-state index contributed by atoms with van der Waals surface area (Å²) in [7, 11) is 0. The third-order valence-corrected chi connectivity index (χ3v) is 4.42. The number of hydrogen-bond donors (Lipinski definition) is 2. The molecule has 0 saturated heterocycles. The minimum absolute atomic E-state index is 0.0338. The number of fused-ring (bicyclic) bond motifs is 1. The number of hydrogen-bond acceptors (Lipinski definition) is 2. The standard InChI is InChI=1S/C22H18FN3O/c23-18-6-2-1-5-17(18)22(27)24-16-12-9-15(10-13-16)11-14-21-25-19-7-3-4-8-20(19)26-21/h1-10,12-13H,11,14H2,(H,24,27)(H,25,26). The van der Waals surface area contributed by atoms with Crippen molar-refractivity contribution in [2.24, 2.45) is 0 Å². The quantitative estimate of drug-likeness (QED) is 0.541. The molecule has 1 heterocycles. The summed E-state index contributed by atoms with van der Waals surface area (Å²) in [5.41, 5.74) is 3.82. The van der Waals surface area contributed by atoms with Crippen molar-refractivity contribution in [1.29, 1.82) is 0 Å². The van der Waals surface area contributed by atoms with Crippen LogP contribution in [0.3, 0.4) is 0 Å². The van der Waals surface area contributed by atoms with E-state index in [2.05, 4.69) is 15.3 Å². The lowest BCUT2D eigenvalue weighted by Gasteiger charge is -2.07. The lowest BCUT2D eigenvalue weighted by Crippen LogP contribution is -2.13. The molecule has 0 bridgehead atoms. The lowest BCUT2D eigenvalue weighted by atomic mass is 10.1. The van der Waals surface area contributed by atoms with Crippen LogP contribution in [-0.4, -0.2) is 15.9 Å². The molecule has 0 unspecified atom stereocenters.